The highest BCUT2D eigenvalue weighted by Gasteiger charge is 2.29. The number of aliphatic carboxylic acids is 1. The molecule has 7 heteroatoms. The SMILES string of the molecule is O=C(NCCC1CCCCC1)c1ccc(Oc2cc3c(cc2Cl)C(C(=O)O)CCO3)cc1. The first kappa shape index (κ1) is 22.5. The number of ether oxygens (including phenoxy) is 2. The van der Waals surface area contributed by atoms with Crippen molar-refractivity contribution in [1.29, 1.82) is 0 Å². The predicted molar refractivity (Wildman–Crippen MR) is 122 cm³/mol. The van der Waals surface area contributed by atoms with Gasteiger partial charge in [0.2, 0.25) is 0 Å². The van der Waals surface area contributed by atoms with Gasteiger partial charge in [-0.2, -0.15) is 0 Å². The maximum Gasteiger partial charge on any atom is 0.311 e. The summed E-state index contributed by atoms with van der Waals surface area (Å²) >= 11 is 6.35. The van der Waals surface area contributed by atoms with Gasteiger partial charge in [0, 0.05) is 23.7 Å². The summed E-state index contributed by atoms with van der Waals surface area (Å²) in [5, 5.41) is 12.7. The minimum atomic E-state index is -0.896. The molecule has 2 aromatic rings. The molecule has 1 fully saturated rings. The molecule has 170 valence electrons. The van der Waals surface area contributed by atoms with Crippen molar-refractivity contribution in [2.24, 2.45) is 5.92 Å². The van der Waals surface area contributed by atoms with E-state index in [-0.39, 0.29) is 5.91 Å². The molecule has 32 heavy (non-hydrogen) atoms. The van der Waals surface area contributed by atoms with Gasteiger partial charge in [0.05, 0.1) is 17.5 Å². The lowest BCUT2D eigenvalue weighted by Gasteiger charge is -2.24. The Morgan fingerprint density at radius 2 is 1.84 bits per heavy atom. The molecule has 1 aliphatic carbocycles. The summed E-state index contributed by atoms with van der Waals surface area (Å²) in [4.78, 5) is 23.9. The molecule has 1 heterocycles. The normalized spacial score (nSPS) is 18.3. The number of nitrogens with one attached hydrogen (secondary N) is 1. The molecular weight excluding hydrogens is 430 g/mol. The standard InChI is InChI=1S/C25H28ClNO5/c26-21-14-20-19(25(29)30)11-13-31-22(20)15-23(21)32-18-8-6-17(7-9-18)24(28)27-12-10-16-4-2-1-3-5-16/h6-9,14-16,19H,1-5,10-13H2,(H,27,28)(H,29,30). The molecule has 0 aromatic heterocycles. The quantitative estimate of drug-likeness (QED) is 0.550. The lowest BCUT2D eigenvalue weighted by molar-refractivity contribution is -0.139. The summed E-state index contributed by atoms with van der Waals surface area (Å²) in [5.41, 5.74) is 1.13. The fourth-order valence-corrected chi connectivity index (χ4v) is 4.70. The molecule has 0 bridgehead atoms. The van der Waals surface area contributed by atoms with Crippen molar-refractivity contribution in [3.63, 3.8) is 0 Å². The van der Waals surface area contributed by atoms with E-state index in [2.05, 4.69) is 5.32 Å². The number of halogens is 1. The molecular formula is C25H28ClNO5. The summed E-state index contributed by atoms with van der Waals surface area (Å²) in [5.74, 6) is 0.477. The number of hydrogen-bond donors (Lipinski definition) is 2. The second-order valence-electron chi connectivity index (χ2n) is 8.52. The number of carbonyl (C=O) groups excluding carboxylic acids is 1. The highest BCUT2D eigenvalue weighted by atomic mass is 35.5. The van der Waals surface area contributed by atoms with Crippen molar-refractivity contribution in [2.45, 2.75) is 50.9 Å². The van der Waals surface area contributed by atoms with Crippen molar-refractivity contribution < 1.29 is 24.2 Å². The van der Waals surface area contributed by atoms with E-state index in [4.69, 9.17) is 21.1 Å². The molecule has 6 nitrogen and oxygen atoms in total. The van der Waals surface area contributed by atoms with E-state index in [1.807, 2.05) is 0 Å². The zero-order valence-electron chi connectivity index (χ0n) is 17.9. The Balaban J connectivity index is 1.36. The zero-order chi connectivity index (χ0) is 22.5. The number of amides is 1. The molecule has 1 atom stereocenters. The van der Waals surface area contributed by atoms with Gasteiger partial charge in [-0.25, -0.2) is 0 Å². The second-order valence-corrected chi connectivity index (χ2v) is 8.93. The van der Waals surface area contributed by atoms with Gasteiger partial charge in [-0.3, -0.25) is 9.59 Å². The van der Waals surface area contributed by atoms with Crippen LogP contribution in [-0.4, -0.2) is 30.1 Å². The number of fused-ring (bicyclic) bond motifs is 1. The lowest BCUT2D eigenvalue weighted by Crippen LogP contribution is -2.26. The first-order valence-electron chi connectivity index (χ1n) is 11.3. The molecule has 2 aliphatic rings. The molecule has 0 radical (unpaired) electrons. The van der Waals surface area contributed by atoms with Crippen molar-refractivity contribution in [2.75, 3.05) is 13.2 Å². The largest absolute Gasteiger partial charge is 0.493 e. The molecule has 1 unspecified atom stereocenters. The van der Waals surface area contributed by atoms with Crippen LogP contribution in [0.3, 0.4) is 0 Å². The molecule has 0 saturated heterocycles. The van der Waals surface area contributed by atoms with Gasteiger partial charge in [0.1, 0.15) is 17.2 Å². The number of carboxylic acids is 1. The van der Waals surface area contributed by atoms with Crippen molar-refractivity contribution >= 4 is 23.5 Å². The molecule has 1 amide bonds. The van der Waals surface area contributed by atoms with Crippen LogP contribution in [0.25, 0.3) is 0 Å². The minimum Gasteiger partial charge on any atom is -0.493 e. The summed E-state index contributed by atoms with van der Waals surface area (Å²) < 4.78 is 11.5. The summed E-state index contributed by atoms with van der Waals surface area (Å²) in [6.45, 7) is 1.03. The van der Waals surface area contributed by atoms with Crippen LogP contribution in [0.15, 0.2) is 36.4 Å². The number of benzene rings is 2. The first-order valence-corrected chi connectivity index (χ1v) is 11.6. The topological polar surface area (TPSA) is 84.9 Å². The van der Waals surface area contributed by atoms with Gasteiger partial charge in [0.15, 0.2) is 0 Å². The first-order chi connectivity index (χ1) is 15.5. The van der Waals surface area contributed by atoms with Crippen LogP contribution in [-0.2, 0) is 4.79 Å². The van der Waals surface area contributed by atoms with Gasteiger partial charge in [-0.05, 0) is 49.1 Å². The number of rotatable bonds is 7. The molecule has 1 aliphatic heterocycles. The van der Waals surface area contributed by atoms with Gasteiger partial charge < -0.3 is 19.9 Å². The fourth-order valence-electron chi connectivity index (χ4n) is 4.49. The molecule has 0 spiro atoms. The summed E-state index contributed by atoms with van der Waals surface area (Å²) in [6.07, 6.45) is 7.94. The average molecular weight is 458 g/mol. The van der Waals surface area contributed by atoms with Crippen molar-refractivity contribution in [1.82, 2.24) is 5.32 Å². The Kier molecular flexibility index (Phi) is 7.20. The number of carboxylic acid groups (broad SMARTS) is 1. The fraction of sp³-hybridized carbons (Fsp3) is 0.440. The van der Waals surface area contributed by atoms with E-state index in [9.17, 15) is 14.7 Å². The Hall–Kier alpha value is -2.73. The van der Waals surface area contributed by atoms with Gasteiger partial charge in [-0.1, -0.05) is 43.7 Å². The third-order valence-electron chi connectivity index (χ3n) is 6.31. The van der Waals surface area contributed by atoms with Crippen molar-refractivity contribution in [3.8, 4) is 17.2 Å². The van der Waals surface area contributed by atoms with E-state index >= 15 is 0 Å². The van der Waals surface area contributed by atoms with E-state index in [0.717, 1.165) is 12.3 Å². The van der Waals surface area contributed by atoms with E-state index in [1.54, 1.807) is 36.4 Å². The Labute approximate surface area is 192 Å². The van der Waals surface area contributed by atoms with E-state index in [1.165, 1.54) is 32.1 Å². The highest BCUT2D eigenvalue weighted by Crippen LogP contribution is 2.41. The molecule has 4 rings (SSSR count). The summed E-state index contributed by atoms with van der Waals surface area (Å²) in [7, 11) is 0. The van der Waals surface area contributed by atoms with Crippen LogP contribution in [0.5, 0.6) is 17.2 Å². The van der Waals surface area contributed by atoms with Crippen LogP contribution in [0.1, 0.15) is 66.8 Å². The van der Waals surface area contributed by atoms with Crippen LogP contribution >= 0.6 is 11.6 Å². The van der Waals surface area contributed by atoms with Crippen molar-refractivity contribution in [3.05, 3.63) is 52.5 Å². The Bertz CT molecular complexity index is 969. The Morgan fingerprint density at radius 3 is 2.56 bits per heavy atom. The molecule has 2 N–H and O–H groups in total. The van der Waals surface area contributed by atoms with Gasteiger partial charge >= 0.3 is 5.97 Å². The summed E-state index contributed by atoms with van der Waals surface area (Å²) in [6, 6.07) is 10.1. The maximum atomic E-state index is 12.4. The predicted octanol–water partition coefficient (Wildman–Crippen LogP) is 5.78. The van der Waals surface area contributed by atoms with Crippen LogP contribution in [0, 0.1) is 5.92 Å². The monoisotopic (exact) mass is 457 g/mol. The third-order valence-corrected chi connectivity index (χ3v) is 6.60. The lowest BCUT2D eigenvalue weighted by atomic mass is 9.87. The number of hydrogen-bond acceptors (Lipinski definition) is 4. The van der Waals surface area contributed by atoms with E-state index < -0.39 is 11.9 Å². The average Bonchev–Trinajstić information content (AvgIpc) is 2.80. The third kappa shape index (κ3) is 5.36. The van der Waals surface area contributed by atoms with Gasteiger partial charge in [-0.15, -0.1) is 0 Å². The van der Waals surface area contributed by atoms with Crippen LogP contribution < -0.4 is 14.8 Å². The second kappa shape index (κ2) is 10.3. The molecule has 2 aromatic carbocycles. The van der Waals surface area contributed by atoms with Crippen LogP contribution in [0.4, 0.5) is 0 Å². The minimum absolute atomic E-state index is 0.0905. The zero-order valence-corrected chi connectivity index (χ0v) is 18.7. The highest BCUT2D eigenvalue weighted by molar-refractivity contribution is 6.32. The maximum absolute atomic E-state index is 12.4. The van der Waals surface area contributed by atoms with E-state index in [0.29, 0.717) is 53.0 Å². The molecule has 1 saturated carbocycles. The van der Waals surface area contributed by atoms with Gasteiger partial charge in [0.25, 0.3) is 5.91 Å². The Morgan fingerprint density at radius 1 is 1.09 bits per heavy atom. The smallest absolute Gasteiger partial charge is 0.311 e. The van der Waals surface area contributed by atoms with Crippen LogP contribution in [0.2, 0.25) is 5.02 Å². The number of carbonyl (C=O) groups is 2.